The number of aromatic nitrogens is 2. The van der Waals surface area contributed by atoms with E-state index in [1.165, 1.54) is 12.1 Å². The molecule has 0 spiro atoms. The number of likely N-dealkylation sites (N-methyl/N-ethyl adjacent to an activating group) is 1. The van der Waals surface area contributed by atoms with Crippen molar-refractivity contribution in [3.63, 3.8) is 0 Å². The molecule has 0 amide bonds. The number of hydrogen-bond acceptors (Lipinski definition) is 2. The van der Waals surface area contributed by atoms with Gasteiger partial charge in [-0.05, 0) is 24.2 Å². The van der Waals surface area contributed by atoms with E-state index in [4.69, 9.17) is 0 Å². The van der Waals surface area contributed by atoms with Crippen molar-refractivity contribution in [1.82, 2.24) is 15.3 Å². The van der Waals surface area contributed by atoms with Gasteiger partial charge in [-0.1, -0.05) is 19.1 Å². The van der Waals surface area contributed by atoms with E-state index >= 15 is 0 Å². The molecule has 0 radical (unpaired) electrons. The van der Waals surface area contributed by atoms with Crippen LogP contribution in [0.25, 0.3) is 0 Å². The number of alkyl halides is 3. The highest BCUT2D eigenvalue weighted by molar-refractivity contribution is 5.28. The summed E-state index contributed by atoms with van der Waals surface area (Å²) >= 11 is 0. The highest BCUT2D eigenvalue weighted by Crippen LogP contribution is 2.31. The van der Waals surface area contributed by atoms with Crippen molar-refractivity contribution in [2.75, 3.05) is 6.54 Å². The largest absolute Gasteiger partial charge is 0.416 e. The first kappa shape index (κ1) is 14.6. The summed E-state index contributed by atoms with van der Waals surface area (Å²) in [6.07, 6.45) is -0.478. The maximum absolute atomic E-state index is 12.8. The Morgan fingerprint density at radius 1 is 1.35 bits per heavy atom. The van der Waals surface area contributed by atoms with Crippen LogP contribution in [0.1, 0.15) is 29.9 Å². The van der Waals surface area contributed by atoms with Gasteiger partial charge in [-0.3, -0.25) is 0 Å². The first-order chi connectivity index (χ1) is 9.50. The number of H-pyrrole nitrogens is 1. The summed E-state index contributed by atoms with van der Waals surface area (Å²) in [6.45, 7) is 2.59. The third kappa shape index (κ3) is 3.60. The maximum atomic E-state index is 12.8. The van der Waals surface area contributed by atoms with Gasteiger partial charge >= 0.3 is 6.18 Å². The van der Waals surface area contributed by atoms with E-state index in [9.17, 15) is 13.2 Å². The third-order valence-electron chi connectivity index (χ3n) is 3.02. The summed E-state index contributed by atoms with van der Waals surface area (Å²) < 4.78 is 38.3. The van der Waals surface area contributed by atoms with Crippen molar-refractivity contribution in [2.24, 2.45) is 0 Å². The van der Waals surface area contributed by atoms with Crippen LogP contribution in [0.4, 0.5) is 13.2 Å². The van der Waals surface area contributed by atoms with Gasteiger partial charge in [-0.15, -0.1) is 0 Å². The molecule has 0 aliphatic rings. The van der Waals surface area contributed by atoms with E-state index in [1.807, 2.05) is 6.92 Å². The molecule has 2 N–H and O–H groups in total. The second-order valence-corrected chi connectivity index (χ2v) is 4.47. The van der Waals surface area contributed by atoms with Crippen LogP contribution in [0.2, 0.25) is 0 Å². The Kier molecular flexibility index (Phi) is 4.44. The van der Waals surface area contributed by atoms with Gasteiger partial charge in [0.25, 0.3) is 0 Å². The van der Waals surface area contributed by atoms with Crippen molar-refractivity contribution >= 4 is 0 Å². The summed E-state index contributed by atoms with van der Waals surface area (Å²) in [7, 11) is 0. The van der Waals surface area contributed by atoms with Crippen molar-refractivity contribution in [2.45, 2.75) is 25.6 Å². The molecule has 1 aromatic heterocycles. The molecule has 0 aliphatic carbocycles. The number of nitrogens with one attached hydrogen (secondary N) is 2. The smallest absolute Gasteiger partial charge is 0.349 e. The van der Waals surface area contributed by atoms with Crippen molar-refractivity contribution in [3.05, 3.63) is 53.6 Å². The molecule has 3 nitrogen and oxygen atoms in total. The van der Waals surface area contributed by atoms with Gasteiger partial charge < -0.3 is 10.3 Å². The molecule has 0 saturated carbocycles. The second kappa shape index (κ2) is 6.09. The number of rotatable bonds is 5. The first-order valence-corrected chi connectivity index (χ1v) is 6.39. The van der Waals surface area contributed by atoms with Gasteiger partial charge in [-0.25, -0.2) is 4.98 Å². The molecular weight excluding hydrogens is 267 g/mol. The van der Waals surface area contributed by atoms with E-state index in [-0.39, 0.29) is 6.04 Å². The Balaban J connectivity index is 2.25. The average Bonchev–Trinajstić information content (AvgIpc) is 2.90. The third-order valence-corrected chi connectivity index (χ3v) is 3.02. The Bertz CT molecular complexity index is 535. The normalized spacial score (nSPS) is 13.4. The zero-order valence-electron chi connectivity index (χ0n) is 11.0. The summed E-state index contributed by atoms with van der Waals surface area (Å²) in [6, 6.07) is 5.21. The molecule has 1 aromatic carbocycles. The standard InChI is InChI=1S/C14H16F3N3/c1-2-18-12(9-13-19-6-7-20-13)10-4-3-5-11(8-10)14(15,16)17/h3-8,12,18H,2,9H2,1H3,(H,19,20). The lowest BCUT2D eigenvalue weighted by molar-refractivity contribution is -0.137. The molecule has 1 unspecified atom stereocenters. The fraction of sp³-hybridized carbons (Fsp3) is 0.357. The maximum Gasteiger partial charge on any atom is 0.416 e. The monoisotopic (exact) mass is 283 g/mol. The van der Waals surface area contributed by atoms with E-state index < -0.39 is 11.7 Å². The highest BCUT2D eigenvalue weighted by Gasteiger charge is 2.31. The van der Waals surface area contributed by atoms with E-state index in [0.717, 1.165) is 11.9 Å². The summed E-state index contributed by atoms with van der Waals surface area (Å²) in [4.78, 5) is 7.08. The minimum absolute atomic E-state index is 0.201. The van der Waals surface area contributed by atoms with E-state index in [2.05, 4.69) is 15.3 Å². The summed E-state index contributed by atoms with van der Waals surface area (Å²) in [5.74, 6) is 0.744. The molecule has 2 aromatic rings. The minimum Gasteiger partial charge on any atom is -0.349 e. The lowest BCUT2D eigenvalue weighted by Crippen LogP contribution is -2.23. The Labute approximate surface area is 115 Å². The van der Waals surface area contributed by atoms with Crippen LogP contribution in [-0.2, 0) is 12.6 Å². The second-order valence-electron chi connectivity index (χ2n) is 4.47. The Hall–Kier alpha value is -1.82. The zero-order chi connectivity index (χ0) is 14.6. The molecule has 1 atom stereocenters. The predicted octanol–water partition coefficient (Wildman–Crippen LogP) is 3.32. The molecule has 2 rings (SSSR count). The van der Waals surface area contributed by atoms with Gasteiger partial charge in [0, 0.05) is 24.9 Å². The molecule has 108 valence electrons. The first-order valence-electron chi connectivity index (χ1n) is 6.39. The quantitative estimate of drug-likeness (QED) is 0.883. The van der Waals surface area contributed by atoms with E-state index in [1.54, 1.807) is 18.5 Å². The van der Waals surface area contributed by atoms with Gasteiger partial charge in [-0.2, -0.15) is 13.2 Å². The highest BCUT2D eigenvalue weighted by atomic mass is 19.4. The number of benzene rings is 1. The summed E-state index contributed by atoms with van der Waals surface area (Å²) in [5.41, 5.74) is -0.0181. The average molecular weight is 283 g/mol. The molecule has 1 heterocycles. The zero-order valence-corrected chi connectivity index (χ0v) is 11.0. The Morgan fingerprint density at radius 3 is 2.75 bits per heavy atom. The van der Waals surface area contributed by atoms with Crippen LogP contribution in [0, 0.1) is 0 Å². The fourth-order valence-corrected chi connectivity index (χ4v) is 2.09. The van der Waals surface area contributed by atoms with E-state index in [0.29, 0.717) is 18.5 Å². The SMILES string of the molecule is CCNC(Cc1ncc[nH]1)c1cccc(C(F)(F)F)c1. The lowest BCUT2D eigenvalue weighted by Gasteiger charge is -2.18. The molecule has 0 aliphatic heterocycles. The molecule has 0 saturated heterocycles. The molecule has 20 heavy (non-hydrogen) atoms. The number of halogens is 3. The molecule has 0 fully saturated rings. The number of imidazole rings is 1. The Morgan fingerprint density at radius 2 is 2.15 bits per heavy atom. The lowest BCUT2D eigenvalue weighted by atomic mass is 10.0. The minimum atomic E-state index is -4.32. The van der Waals surface area contributed by atoms with Gasteiger partial charge in [0.15, 0.2) is 0 Å². The van der Waals surface area contributed by atoms with Crippen LogP contribution in [0.3, 0.4) is 0 Å². The van der Waals surface area contributed by atoms with Crippen molar-refractivity contribution in [1.29, 1.82) is 0 Å². The predicted molar refractivity (Wildman–Crippen MR) is 70.2 cm³/mol. The molecular formula is C14H16F3N3. The van der Waals surface area contributed by atoms with Crippen molar-refractivity contribution in [3.8, 4) is 0 Å². The van der Waals surface area contributed by atoms with Crippen molar-refractivity contribution < 1.29 is 13.2 Å². The van der Waals surface area contributed by atoms with Crippen LogP contribution in [0.15, 0.2) is 36.7 Å². The van der Waals surface area contributed by atoms with Gasteiger partial charge in [0.05, 0.1) is 5.56 Å². The summed E-state index contributed by atoms with van der Waals surface area (Å²) in [5, 5.41) is 3.19. The van der Waals surface area contributed by atoms with Gasteiger partial charge in [0.2, 0.25) is 0 Å². The fourth-order valence-electron chi connectivity index (χ4n) is 2.09. The van der Waals surface area contributed by atoms with Crippen LogP contribution < -0.4 is 5.32 Å². The van der Waals surface area contributed by atoms with Crippen LogP contribution in [0.5, 0.6) is 0 Å². The number of aromatic amines is 1. The molecule has 0 bridgehead atoms. The number of nitrogens with zero attached hydrogens (tertiary/aromatic N) is 1. The molecule has 6 heteroatoms. The topological polar surface area (TPSA) is 40.7 Å². The van der Waals surface area contributed by atoms with Crippen LogP contribution in [-0.4, -0.2) is 16.5 Å². The van der Waals surface area contributed by atoms with Crippen LogP contribution >= 0.6 is 0 Å². The number of hydrogen-bond donors (Lipinski definition) is 2. The van der Waals surface area contributed by atoms with Gasteiger partial charge in [0.1, 0.15) is 5.82 Å².